The minimum atomic E-state index is -0.164. The van der Waals surface area contributed by atoms with Gasteiger partial charge in [0.15, 0.2) is 0 Å². The number of para-hydroxylation sites is 4. The van der Waals surface area contributed by atoms with Crippen LogP contribution in [0.2, 0.25) is 0 Å². The summed E-state index contributed by atoms with van der Waals surface area (Å²) >= 11 is 3.71. The standard InChI is InChI=1S/C68H48N2S2/c1-67(2)51-23-7-5-19-45(51)65-47(21-17-25-53(65)67)63-43-37-35-42(70-57-29-11-15-33-61(57)72-62-34-16-12-30-58(62)70)40-50(43)64(48-22-18-26-54-66(48)46-20-6-8-24-52(46)68(54,3)4)44-38-36-41(39-49(44)63)69-55-27-9-13-31-59(55)71-60-32-14-10-28-56(60)69/h5-40H,1-4H3. The van der Waals surface area contributed by atoms with Crippen LogP contribution < -0.4 is 9.80 Å². The number of anilines is 6. The lowest BCUT2D eigenvalue weighted by Gasteiger charge is -2.34. The van der Waals surface area contributed by atoms with Crippen LogP contribution >= 0.6 is 23.5 Å². The fourth-order valence-corrected chi connectivity index (χ4v) is 15.1. The molecular formula is C68H48N2S2. The molecule has 0 saturated carbocycles. The lowest BCUT2D eigenvalue weighted by atomic mass is 9.79. The van der Waals surface area contributed by atoms with Gasteiger partial charge in [0.1, 0.15) is 0 Å². The first-order chi connectivity index (χ1) is 35.3. The molecule has 0 radical (unpaired) electrons. The van der Waals surface area contributed by atoms with Crippen LogP contribution in [0, 0.1) is 0 Å². The number of hydrogen-bond donors (Lipinski definition) is 0. The maximum absolute atomic E-state index is 2.52. The van der Waals surface area contributed by atoms with Crippen molar-refractivity contribution in [2.45, 2.75) is 58.1 Å². The van der Waals surface area contributed by atoms with Gasteiger partial charge >= 0.3 is 0 Å². The topological polar surface area (TPSA) is 6.48 Å². The van der Waals surface area contributed by atoms with Gasteiger partial charge in [-0.15, -0.1) is 0 Å². The Hall–Kier alpha value is -7.76. The number of fused-ring (bicyclic) bond motifs is 12. The molecule has 0 saturated heterocycles. The van der Waals surface area contributed by atoms with Gasteiger partial charge in [-0.05, 0) is 161 Å². The lowest BCUT2D eigenvalue weighted by molar-refractivity contribution is 0.660. The fraction of sp³-hybridized carbons (Fsp3) is 0.0882. The summed E-state index contributed by atoms with van der Waals surface area (Å²) in [6.45, 7) is 9.60. The first kappa shape index (κ1) is 42.0. The van der Waals surface area contributed by atoms with E-state index in [0.717, 1.165) is 11.4 Å². The monoisotopic (exact) mass is 956 g/mol. The molecule has 11 aromatic carbocycles. The summed E-state index contributed by atoms with van der Waals surface area (Å²) in [5, 5.41) is 4.94. The largest absolute Gasteiger partial charge is 0.308 e. The smallest absolute Gasteiger partial charge is 0.0601 e. The van der Waals surface area contributed by atoms with Crippen molar-refractivity contribution in [2.24, 2.45) is 0 Å². The van der Waals surface area contributed by atoms with Crippen molar-refractivity contribution in [3.63, 3.8) is 0 Å². The van der Waals surface area contributed by atoms with Crippen LogP contribution in [-0.2, 0) is 10.8 Å². The normalized spacial score (nSPS) is 15.0. The first-order valence-corrected chi connectivity index (χ1v) is 26.7. The van der Waals surface area contributed by atoms with Crippen LogP contribution in [0.25, 0.3) is 66.1 Å². The maximum atomic E-state index is 2.52. The molecule has 0 bridgehead atoms. The molecule has 342 valence electrons. The Kier molecular flexibility index (Phi) is 8.96. The van der Waals surface area contributed by atoms with Crippen molar-refractivity contribution >= 4 is 79.2 Å². The molecule has 11 aromatic rings. The highest BCUT2D eigenvalue weighted by atomic mass is 32.2. The molecule has 0 fully saturated rings. The molecule has 15 rings (SSSR count). The summed E-state index contributed by atoms with van der Waals surface area (Å²) in [7, 11) is 0. The third-order valence-corrected chi connectivity index (χ3v) is 18.5. The van der Waals surface area contributed by atoms with Crippen LogP contribution in [0.15, 0.2) is 238 Å². The van der Waals surface area contributed by atoms with Gasteiger partial charge in [0.2, 0.25) is 0 Å². The highest BCUT2D eigenvalue weighted by Gasteiger charge is 2.40. The molecule has 0 aromatic heterocycles. The van der Waals surface area contributed by atoms with E-state index in [2.05, 4.69) is 256 Å². The molecule has 0 spiro atoms. The molecule has 0 amide bonds. The van der Waals surface area contributed by atoms with Crippen molar-refractivity contribution in [3.8, 4) is 44.5 Å². The van der Waals surface area contributed by atoms with E-state index in [4.69, 9.17) is 0 Å². The van der Waals surface area contributed by atoms with E-state index in [0.29, 0.717) is 0 Å². The summed E-state index contributed by atoms with van der Waals surface area (Å²) < 4.78 is 0. The zero-order chi connectivity index (χ0) is 48.0. The molecule has 2 aliphatic heterocycles. The SMILES string of the molecule is CC1(C)c2ccccc2-c2c(-c3c4ccc(N5c6ccccc6Sc6ccccc65)cc4c(-c4cccc5c4-c4ccccc4C5(C)C)c4ccc(N5c6ccccc6Sc6ccccc65)cc34)cccc21. The van der Waals surface area contributed by atoms with Crippen molar-refractivity contribution in [1.82, 2.24) is 0 Å². The number of benzene rings is 11. The minimum Gasteiger partial charge on any atom is -0.308 e. The van der Waals surface area contributed by atoms with E-state index in [1.807, 2.05) is 23.5 Å². The zero-order valence-corrected chi connectivity index (χ0v) is 42.1. The molecule has 0 N–H and O–H groups in total. The van der Waals surface area contributed by atoms with Crippen molar-refractivity contribution < 1.29 is 0 Å². The Morgan fingerprint density at radius 3 is 0.986 bits per heavy atom. The molecule has 4 heteroatoms. The molecule has 0 unspecified atom stereocenters. The summed E-state index contributed by atoms with van der Waals surface area (Å²) in [6, 6.07) is 82.6. The Morgan fingerprint density at radius 2 is 0.597 bits per heavy atom. The van der Waals surface area contributed by atoms with Crippen LogP contribution in [0.4, 0.5) is 34.1 Å². The fourth-order valence-electron chi connectivity index (χ4n) is 13.0. The first-order valence-electron chi connectivity index (χ1n) is 25.1. The van der Waals surface area contributed by atoms with Crippen LogP contribution in [0.5, 0.6) is 0 Å². The van der Waals surface area contributed by atoms with E-state index in [9.17, 15) is 0 Å². The van der Waals surface area contributed by atoms with E-state index in [1.165, 1.54) is 131 Å². The van der Waals surface area contributed by atoms with Gasteiger partial charge in [-0.1, -0.05) is 197 Å². The maximum Gasteiger partial charge on any atom is 0.0601 e. The highest BCUT2D eigenvalue weighted by molar-refractivity contribution is 8.00. The Balaban J connectivity index is 1.11. The Morgan fingerprint density at radius 1 is 0.278 bits per heavy atom. The Bertz CT molecular complexity index is 3780. The molecule has 4 aliphatic rings. The van der Waals surface area contributed by atoms with E-state index in [-0.39, 0.29) is 10.8 Å². The number of hydrogen-bond acceptors (Lipinski definition) is 4. The van der Waals surface area contributed by atoms with Gasteiger partial charge in [0, 0.05) is 41.8 Å². The molecule has 72 heavy (non-hydrogen) atoms. The third-order valence-electron chi connectivity index (χ3n) is 16.2. The molecule has 2 nitrogen and oxygen atoms in total. The van der Waals surface area contributed by atoms with Crippen LogP contribution in [0.1, 0.15) is 49.9 Å². The quantitative estimate of drug-likeness (QED) is 0.162. The van der Waals surface area contributed by atoms with Crippen LogP contribution in [0.3, 0.4) is 0 Å². The summed E-state index contributed by atoms with van der Waals surface area (Å²) in [5.41, 5.74) is 22.6. The van der Waals surface area contributed by atoms with Crippen molar-refractivity contribution in [2.75, 3.05) is 9.80 Å². The average molecular weight is 957 g/mol. The predicted octanol–water partition coefficient (Wildman–Crippen LogP) is 19.8. The summed E-state index contributed by atoms with van der Waals surface area (Å²) in [4.78, 5) is 10.00. The summed E-state index contributed by atoms with van der Waals surface area (Å²) in [5.74, 6) is 0. The van der Waals surface area contributed by atoms with Crippen LogP contribution in [-0.4, -0.2) is 0 Å². The number of rotatable bonds is 4. The van der Waals surface area contributed by atoms with Crippen molar-refractivity contribution in [3.05, 3.63) is 241 Å². The van der Waals surface area contributed by atoms with Gasteiger partial charge in [-0.25, -0.2) is 0 Å². The second-order valence-electron chi connectivity index (χ2n) is 20.8. The van der Waals surface area contributed by atoms with Gasteiger partial charge in [0.25, 0.3) is 0 Å². The van der Waals surface area contributed by atoms with Gasteiger partial charge in [-0.2, -0.15) is 0 Å². The summed E-state index contributed by atoms with van der Waals surface area (Å²) in [6.07, 6.45) is 0. The second kappa shape index (κ2) is 15.4. The molecular weight excluding hydrogens is 909 g/mol. The highest BCUT2D eigenvalue weighted by Crippen LogP contribution is 2.60. The third kappa shape index (κ3) is 5.82. The van der Waals surface area contributed by atoms with E-state index >= 15 is 0 Å². The second-order valence-corrected chi connectivity index (χ2v) is 22.9. The molecule has 2 heterocycles. The lowest BCUT2D eigenvalue weighted by Crippen LogP contribution is -2.15. The number of nitrogens with zero attached hydrogens (tertiary/aromatic N) is 2. The predicted molar refractivity (Wildman–Crippen MR) is 305 cm³/mol. The van der Waals surface area contributed by atoms with Gasteiger partial charge in [0.05, 0.1) is 22.7 Å². The average Bonchev–Trinajstić information content (AvgIpc) is 3.80. The zero-order valence-electron chi connectivity index (χ0n) is 40.5. The van der Waals surface area contributed by atoms with E-state index in [1.54, 1.807) is 0 Å². The molecule has 0 atom stereocenters. The van der Waals surface area contributed by atoms with Gasteiger partial charge in [-0.3, -0.25) is 0 Å². The van der Waals surface area contributed by atoms with E-state index < -0.39 is 0 Å². The van der Waals surface area contributed by atoms with Gasteiger partial charge < -0.3 is 9.80 Å². The minimum absolute atomic E-state index is 0.164. The van der Waals surface area contributed by atoms with Crippen molar-refractivity contribution in [1.29, 1.82) is 0 Å². The Labute approximate surface area is 429 Å². The molecule has 2 aliphatic carbocycles.